The van der Waals surface area contributed by atoms with Gasteiger partial charge >= 0.3 is 6.09 Å². The minimum atomic E-state index is -2.92. The monoisotopic (exact) mass is 250 g/mol. The van der Waals surface area contributed by atoms with E-state index in [-0.39, 0.29) is 11.9 Å². The van der Waals surface area contributed by atoms with E-state index in [2.05, 4.69) is 9.64 Å². The van der Waals surface area contributed by atoms with Crippen LogP contribution in [0.15, 0.2) is 0 Å². The minimum Gasteiger partial charge on any atom is -0.448 e. The summed E-state index contributed by atoms with van der Waals surface area (Å²) in [6, 6.07) is 0. The third-order valence-corrected chi connectivity index (χ3v) is 4.47. The second kappa shape index (κ2) is 5.49. The number of piperidine rings is 1. The van der Waals surface area contributed by atoms with Crippen molar-refractivity contribution in [2.45, 2.75) is 18.1 Å². The summed E-state index contributed by atoms with van der Waals surface area (Å²) in [5.74, 6) is 0. The summed E-state index contributed by atoms with van der Waals surface area (Å²) in [7, 11) is -2.92. The first-order valence-electron chi connectivity index (χ1n) is 5.23. The maximum absolute atomic E-state index is 11.3. The van der Waals surface area contributed by atoms with Gasteiger partial charge in [0.25, 0.3) is 0 Å². The van der Waals surface area contributed by atoms with Crippen LogP contribution in [0.1, 0.15) is 12.8 Å². The van der Waals surface area contributed by atoms with Crippen LogP contribution in [-0.4, -0.2) is 57.2 Å². The van der Waals surface area contributed by atoms with Crippen LogP contribution in [0.2, 0.25) is 0 Å². The molecule has 1 heterocycles. The van der Waals surface area contributed by atoms with Crippen molar-refractivity contribution in [1.82, 2.24) is 4.90 Å². The fraction of sp³-hybridized carbons (Fsp3) is 0.889. The van der Waals surface area contributed by atoms with E-state index in [1.54, 1.807) is 0 Å². The van der Waals surface area contributed by atoms with Gasteiger partial charge in [-0.2, -0.15) is 0 Å². The number of ether oxygens (including phenoxy) is 1. The van der Waals surface area contributed by atoms with Crippen LogP contribution in [0.5, 0.6) is 0 Å². The fourth-order valence-corrected chi connectivity index (χ4v) is 2.90. The molecule has 94 valence electrons. The molecule has 16 heavy (non-hydrogen) atoms. The van der Waals surface area contributed by atoms with Crippen molar-refractivity contribution < 1.29 is 17.9 Å². The van der Waals surface area contributed by atoms with Crippen LogP contribution in [0.4, 0.5) is 4.79 Å². The van der Waals surface area contributed by atoms with Crippen molar-refractivity contribution in [3.63, 3.8) is 0 Å². The van der Waals surface area contributed by atoms with Gasteiger partial charge < -0.3 is 10.5 Å². The minimum absolute atomic E-state index is 0.221. The zero-order valence-corrected chi connectivity index (χ0v) is 10.2. The van der Waals surface area contributed by atoms with E-state index in [0.29, 0.717) is 19.4 Å². The molecular weight excluding hydrogens is 232 g/mol. The number of nitrogens with two attached hydrogens (primary N) is 1. The van der Waals surface area contributed by atoms with Crippen LogP contribution in [0.3, 0.4) is 0 Å². The Hall–Kier alpha value is -0.820. The van der Waals surface area contributed by atoms with Crippen molar-refractivity contribution in [3.05, 3.63) is 0 Å². The molecule has 6 nitrogen and oxygen atoms in total. The van der Waals surface area contributed by atoms with Crippen LogP contribution < -0.4 is 5.73 Å². The highest BCUT2D eigenvalue weighted by Crippen LogP contribution is 2.16. The molecule has 0 aromatic carbocycles. The van der Waals surface area contributed by atoms with Gasteiger partial charge in [0, 0.05) is 12.8 Å². The van der Waals surface area contributed by atoms with Crippen molar-refractivity contribution in [1.29, 1.82) is 0 Å². The Bertz CT molecular complexity index is 333. The SMILES string of the molecule is CS(=O)(=O)C1CCN(CCOC(N)=O)CC1. The standard InChI is InChI=1S/C9H18N2O4S/c1-16(13,14)8-2-4-11(5-3-8)6-7-15-9(10)12/h8H,2-7H2,1H3,(H2,10,12). The van der Waals surface area contributed by atoms with Gasteiger partial charge in [-0.3, -0.25) is 4.90 Å². The molecule has 1 aliphatic rings. The first-order valence-corrected chi connectivity index (χ1v) is 7.18. The number of nitrogens with zero attached hydrogens (tertiary/aromatic N) is 1. The summed E-state index contributed by atoms with van der Waals surface area (Å²) in [4.78, 5) is 12.4. The third-order valence-electron chi connectivity index (χ3n) is 2.79. The molecule has 0 radical (unpaired) electrons. The molecule has 0 unspecified atom stereocenters. The van der Waals surface area contributed by atoms with E-state index < -0.39 is 15.9 Å². The zero-order chi connectivity index (χ0) is 12.2. The summed E-state index contributed by atoms with van der Waals surface area (Å²) in [5, 5.41) is -0.221. The molecule has 1 aliphatic heterocycles. The highest BCUT2D eigenvalue weighted by molar-refractivity contribution is 7.91. The average molecular weight is 250 g/mol. The van der Waals surface area contributed by atoms with E-state index in [9.17, 15) is 13.2 Å². The molecule has 1 saturated heterocycles. The quantitative estimate of drug-likeness (QED) is 0.732. The van der Waals surface area contributed by atoms with Gasteiger partial charge in [0.05, 0.1) is 5.25 Å². The topological polar surface area (TPSA) is 89.7 Å². The van der Waals surface area contributed by atoms with E-state index in [0.717, 1.165) is 13.1 Å². The van der Waals surface area contributed by atoms with Gasteiger partial charge in [0.2, 0.25) is 0 Å². The molecular formula is C9H18N2O4S. The zero-order valence-electron chi connectivity index (χ0n) is 9.39. The lowest BCUT2D eigenvalue weighted by Gasteiger charge is -2.30. The Labute approximate surface area is 95.7 Å². The maximum atomic E-state index is 11.3. The molecule has 0 saturated carbocycles. The van der Waals surface area contributed by atoms with Crippen LogP contribution >= 0.6 is 0 Å². The Morgan fingerprint density at radius 1 is 1.44 bits per heavy atom. The van der Waals surface area contributed by atoms with Crippen LogP contribution in [0, 0.1) is 0 Å². The summed E-state index contributed by atoms with van der Waals surface area (Å²) in [6.07, 6.45) is 1.81. The molecule has 2 N–H and O–H groups in total. The summed E-state index contributed by atoms with van der Waals surface area (Å²) in [5.41, 5.74) is 4.83. The predicted octanol–water partition coefficient (Wildman–Crippen LogP) is -0.409. The van der Waals surface area contributed by atoms with E-state index in [1.165, 1.54) is 6.26 Å². The Morgan fingerprint density at radius 3 is 2.44 bits per heavy atom. The molecule has 0 atom stereocenters. The second-order valence-electron chi connectivity index (χ2n) is 4.04. The second-order valence-corrected chi connectivity index (χ2v) is 6.36. The van der Waals surface area contributed by atoms with Gasteiger partial charge in [0.1, 0.15) is 16.4 Å². The maximum Gasteiger partial charge on any atom is 0.404 e. The normalized spacial score (nSPS) is 19.6. The average Bonchev–Trinajstić information content (AvgIpc) is 2.16. The molecule has 1 fully saturated rings. The molecule has 0 aromatic rings. The summed E-state index contributed by atoms with van der Waals surface area (Å²) >= 11 is 0. The summed E-state index contributed by atoms with van der Waals surface area (Å²) < 4.78 is 27.2. The first-order chi connectivity index (χ1) is 7.39. The molecule has 1 amide bonds. The number of primary amides is 1. The lowest BCUT2D eigenvalue weighted by Crippen LogP contribution is -2.40. The van der Waals surface area contributed by atoms with E-state index in [4.69, 9.17) is 5.73 Å². The first kappa shape index (κ1) is 13.2. The molecule has 0 spiro atoms. The van der Waals surface area contributed by atoms with Gasteiger partial charge in [-0.25, -0.2) is 13.2 Å². The van der Waals surface area contributed by atoms with Crippen LogP contribution in [-0.2, 0) is 14.6 Å². The molecule has 0 bridgehead atoms. The van der Waals surface area contributed by atoms with Gasteiger partial charge in [0.15, 0.2) is 0 Å². The lowest BCUT2D eigenvalue weighted by atomic mass is 10.1. The number of carbonyl (C=O) groups is 1. The lowest BCUT2D eigenvalue weighted by molar-refractivity contribution is 0.128. The van der Waals surface area contributed by atoms with E-state index in [1.807, 2.05) is 0 Å². The van der Waals surface area contributed by atoms with Crippen molar-refractivity contribution >= 4 is 15.9 Å². The number of hydrogen-bond donors (Lipinski definition) is 1. The van der Waals surface area contributed by atoms with Crippen molar-refractivity contribution in [2.75, 3.05) is 32.5 Å². The third kappa shape index (κ3) is 4.36. The number of likely N-dealkylation sites (tertiary alicyclic amines) is 1. The highest BCUT2D eigenvalue weighted by atomic mass is 32.2. The Morgan fingerprint density at radius 2 is 2.00 bits per heavy atom. The van der Waals surface area contributed by atoms with Gasteiger partial charge in [-0.05, 0) is 25.9 Å². The molecule has 1 rings (SSSR count). The summed E-state index contributed by atoms with van der Waals surface area (Å²) in [6.45, 7) is 2.32. The molecule has 0 aromatic heterocycles. The number of rotatable bonds is 4. The number of carbonyl (C=O) groups excluding carboxylic acids is 1. The van der Waals surface area contributed by atoms with E-state index >= 15 is 0 Å². The van der Waals surface area contributed by atoms with Gasteiger partial charge in [-0.15, -0.1) is 0 Å². The molecule has 7 heteroatoms. The Balaban J connectivity index is 2.25. The highest BCUT2D eigenvalue weighted by Gasteiger charge is 2.26. The van der Waals surface area contributed by atoms with Crippen molar-refractivity contribution in [2.24, 2.45) is 5.73 Å². The Kier molecular flexibility index (Phi) is 4.55. The fourth-order valence-electron chi connectivity index (χ4n) is 1.84. The smallest absolute Gasteiger partial charge is 0.404 e. The predicted molar refractivity (Wildman–Crippen MR) is 59.8 cm³/mol. The number of amides is 1. The number of sulfone groups is 1. The van der Waals surface area contributed by atoms with Gasteiger partial charge in [-0.1, -0.05) is 0 Å². The largest absolute Gasteiger partial charge is 0.448 e. The van der Waals surface area contributed by atoms with Crippen molar-refractivity contribution in [3.8, 4) is 0 Å². The molecule has 0 aliphatic carbocycles. The van der Waals surface area contributed by atoms with Crippen LogP contribution in [0.25, 0.3) is 0 Å². The number of hydrogen-bond acceptors (Lipinski definition) is 5.